The van der Waals surface area contributed by atoms with E-state index in [1.807, 2.05) is 6.92 Å². The van der Waals surface area contributed by atoms with E-state index in [1.54, 1.807) is 0 Å². The summed E-state index contributed by atoms with van der Waals surface area (Å²) in [6.07, 6.45) is 1.59. The maximum atomic E-state index is 5.39. The van der Waals surface area contributed by atoms with Crippen molar-refractivity contribution in [1.29, 1.82) is 0 Å². The summed E-state index contributed by atoms with van der Waals surface area (Å²) >= 11 is 0. The molecule has 3 heteroatoms. The van der Waals surface area contributed by atoms with Crippen LogP contribution in [0.2, 0.25) is 6.04 Å². The molecule has 0 saturated carbocycles. The van der Waals surface area contributed by atoms with E-state index in [4.69, 9.17) is 9.16 Å². The van der Waals surface area contributed by atoms with Crippen LogP contribution in [0.5, 0.6) is 0 Å². The minimum Gasteiger partial charge on any atom is -0.424 e. The Morgan fingerprint density at radius 2 is 2.00 bits per heavy atom. The van der Waals surface area contributed by atoms with Crippen molar-refractivity contribution in [2.45, 2.75) is 39.3 Å². The van der Waals surface area contributed by atoms with Crippen molar-refractivity contribution < 1.29 is 9.16 Å². The zero-order valence-electron chi connectivity index (χ0n) is 7.93. The van der Waals surface area contributed by atoms with E-state index in [0.29, 0.717) is 6.10 Å². The van der Waals surface area contributed by atoms with Gasteiger partial charge in [0.2, 0.25) is 0 Å². The molecule has 0 radical (unpaired) electrons. The zero-order chi connectivity index (χ0) is 8.53. The maximum Gasteiger partial charge on any atom is 0.161 e. The molecular weight excluding hydrogens is 156 g/mol. The van der Waals surface area contributed by atoms with Crippen LogP contribution in [0.25, 0.3) is 0 Å². The quantitative estimate of drug-likeness (QED) is 0.430. The first-order valence-corrected chi connectivity index (χ1v) is 6.08. The third-order valence-corrected chi connectivity index (χ3v) is 2.95. The molecule has 0 N–H and O–H groups in total. The fraction of sp³-hybridized carbons (Fsp3) is 1.00. The van der Waals surface area contributed by atoms with Crippen LogP contribution in [0.15, 0.2) is 0 Å². The molecule has 0 aliphatic rings. The fourth-order valence-electron chi connectivity index (χ4n) is 0.985. The first-order chi connectivity index (χ1) is 5.31. The average molecular weight is 176 g/mol. The largest absolute Gasteiger partial charge is 0.424 e. The first-order valence-electron chi connectivity index (χ1n) is 4.50. The molecule has 0 heterocycles. The monoisotopic (exact) mass is 176 g/mol. The van der Waals surface area contributed by atoms with Gasteiger partial charge in [0.05, 0.1) is 6.10 Å². The molecule has 0 aliphatic carbocycles. The molecule has 0 saturated heterocycles. The summed E-state index contributed by atoms with van der Waals surface area (Å²) in [6, 6.07) is 1.25. The Morgan fingerprint density at radius 1 is 1.27 bits per heavy atom. The predicted octanol–water partition coefficient (Wildman–Crippen LogP) is 1.34. The van der Waals surface area contributed by atoms with Gasteiger partial charge in [-0.1, -0.05) is 0 Å². The van der Waals surface area contributed by atoms with Gasteiger partial charge in [0, 0.05) is 13.2 Å². The van der Waals surface area contributed by atoms with Crippen molar-refractivity contribution in [2.24, 2.45) is 0 Å². The van der Waals surface area contributed by atoms with Crippen molar-refractivity contribution in [3.05, 3.63) is 0 Å². The summed E-state index contributed by atoms with van der Waals surface area (Å²) in [5.74, 6) is 0. The van der Waals surface area contributed by atoms with Crippen LogP contribution in [-0.2, 0) is 9.16 Å². The first kappa shape index (κ1) is 11.1. The van der Waals surface area contributed by atoms with Crippen LogP contribution < -0.4 is 0 Å². The molecule has 68 valence electrons. The second-order valence-electron chi connectivity index (χ2n) is 2.61. The molecule has 1 atom stereocenters. The van der Waals surface area contributed by atoms with Crippen LogP contribution in [0.3, 0.4) is 0 Å². The standard InChI is InChI=1S/C8H20O2Si/c1-4-9-8(3)6-7-11-10-5-2/h8H,4-7,11H2,1-3H3. The molecule has 0 spiro atoms. The van der Waals surface area contributed by atoms with Crippen LogP contribution in [0.1, 0.15) is 27.2 Å². The van der Waals surface area contributed by atoms with Gasteiger partial charge >= 0.3 is 0 Å². The average Bonchev–Trinajstić information content (AvgIpc) is 1.99. The molecule has 1 unspecified atom stereocenters. The van der Waals surface area contributed by atoms with Gasteiger partial charge in [-0.3, -0.25) is 0 Å². The van der Waals surface area contributed by atoms with Crippen LogP contribution in [0, 0.1) is 0 Å². The Morgan fingerprint density at radius 3 is 2.55 bits per heavy atom. The van der Waals surface area contributed by atoms with Crippen molar-refractivity contribution in [1.82, 2.24) is 0 Å². The lowest BCUT2D eigenvalue weighted by Gasteiger charge is -2.10. The lowest BCUT2D eigenvalue weighted by atomic mass is 10.3. The fourth-order valence-corrected chi connectivity index (χ4v) is 2.22. The van der Waals surface area contributed by atoms with Crippen molar-refractivity contribution >= 4 is 9.76 Å². The topological polar surface area (TPSA) is 18.5 Å². The number of rotatable bonds is 7. The van der Waals surface area contributed by atoms with Crippen LogP contribution in [0.4, 0.5) is 0 Å². The summed E-state index contributed by atoms with van der Waals surface area (Å²) in [6.45, 7) is 7.94. The van der Waals surface area contributed by atoms with Gasteiger partial charge in [0.1, 0.15) is 0 Å². The molecule has 0 fully saturated rings. The van der Waals surface area contributed by atoms with E-state index in [-0.39, 0.29) is 9.76 Å². The summed E-state index contributed by atoms with van der Waals surface area (Å²) in [5, 5.41) is 0. The highest BCUT2D eigenvalue weighted by Gasteiger charge is 1.99. The van der Waals surface area contributed by atoms with Crippen molar-refractivity contribution in [3.8, 4) is 0 Å². The molecule has 0 aliphatic heterocycles. The molecule has 0 amide bonds. The second-order valence-corrected chi connectivity index (χ2v) is 4.13. The highest BCUT2D eigenvalue weighted by molar-refractivity contribution is 6.26. The summed E-state index contributed by atoms with van der Waals surface area (Å²) in [7, 11) is -0.228. The minimum absolute atomic E-state index is 0.228. The Hall–Kier alpha value is 0.137. The van der Waals surface area contributed by atoms with E-state index in [0.717, 1.165) is 13.2 Å². The Bertz CT molecular complexity index is 78.5. The third kappa shape index (κ3) is 8.04. The van der Waals surface area contributed by atoms with Gasteiger partial charge in [0.15, 0.2) is 9.76 Å². The maximum absolute atomic E-state index is 5.39. The van der Waals surface area contributed by atoms with Gasteiger partial charge in [-0.25, -0.2) is 0 Å². The minimum atomic E-state index is -0.228. The molecule has 0 aromatic rings. The zero-order valence-corrected chi connectivity index (χ0v) is 9.34. The van der Waals surface area contributed by atoms with Gasteiger partial charge in [0.25, 0.3) is 0 Å². The van der Waals surface area contributed by atoms with Gasteiger partial charge in [-0.15, -0.1) is 0 Å². The lowest BCUT2D eigenvalue weighted by molar-refractivity contribution is 0.0734. The highest BCUT2D eigenvalue weighted by atomic mass is 28.2. The van der Waals surface area contributed by atoms with Crippen molar-refractivity contribution in [2.75, 3.05) is 13.2 Å². The molecule has 0 bridgehead atoms. The normalized spacial score (nSPS) is 14.5. The number of hydrogen-bond donors (Lipinski definition) is 0. The van der Waals surface area contributed by atoms with Crippen LogP contribution >= 0.6 is 0 Å². The van der Waals surface area contributed by atoms with E-state index in [2.05, 4.69) is 13.8 Å². The Balaban J connectivity index is 2.97. The number of hydrogen-bond acceptors (Lipinski definition) is 2. The van der Waals surface area contributed by atoms with Gasteiger partial charge in [-0.05, 0) is 33.2 Å². The highest BCUT2D eigenvalue weighted by Crippen LogP contribution is 2.00. The van der Waals surface area contributed by atoms with E-state index >= 15 is 0 Å². The van der Waals surface area contributed by atoms with E-state index in [1.165, 1.54) is 12.5 Å². The molecule has 0 rings (SSSR count). The molecular formula is C8H20O2Si. The van der Waals surface area contributed by atoms with Gasteiger partial charge < -0.3 is 9.16 Å². The van der Waals surface area contributed by atoms with Crippen molar-refractivity contribution in [3.63, 3.8) is 0 Å². The Labute approximate surface area is 72.2 Å². The lowest BCUT2D eigenvalue weighted by Crippen LogP contribution is -2.09. The molecule has 2 nitrogen and oxygen atoms in total. The molecule has 11 heavy (non-hydrogen) atoms. The summed E-state index contributed by atoms with van der Waals surface area (Å²) < 4.78 is 10.7. The predicted molar refractivity (Wildman–Crippen MR) is 50.7 cm³/mol. The molecule has 0 aromatic heterocycles. The second kappa shape index (κ2) is 8.24. The number of ether oxygens (including phenoxy) is 1. The molecule has 0 aromatic carbocycles. The summed E-state index contributed by atoms with van der Waals surface area (Å²) in [5.41, 5.74) is 0. The third-order valence-electron chi connectivity index (χ3n) is 1.55. The SMILES string of the molecule is CCO[SiH2]CCC(C)OCC. The Kier molecular flexibility index (Phi) is 8.34. The van der Waals surface area contributed by atoms with E-state index in [9.17, 15) is 0 Å². The van der Waals surface area contributed by atoms with Gasteiger partial charge in [-0.2, -0.15) is 0 Å². The smallest absolute Gasteiger partial charge is 0.161 e. The summed E-state index contributed by atoms with van der Waals surface area (Å²) in [4.78, 5) is 0. The van der Waals surface area contributed by atoms with Crippen LogP contribution in [-0.4, -0.2) is 29.1 Å². The van der Waals surface area contributed by atoms with E-state index < -0.39 is 0 Å².